The Kier molecular flexibility index (Phi) is 5.75. The molecule has 5 nitrogen and oxygen atoms in total. The van der Waals surface area contributed by atoms with E-state index in [0.717, 1.165) is 48.9 Å². The van der Waals surface area contributed by atoms with Crippen LogP contribution in [0, 0.1) is 11.3 Å². The highest BCUT2D eigenvalue weighted by molar-refractivity contribution is 7.18. The van der Waals surface area contributed by atoms with E-state index >= 15 is 0 Å². The summed E-state index contributed by atoms with van der Waals surface area (Å²) in [5.41, 5.74) is 1.38. The maximum absolute atomic E-state index is 13.1. The minimum atomic E-state index is -0.0658. The van der Waals surface area contributed by atoms with Gasteiger partial charge >= 0.3 is 0 Å². The molecule has 1 amide bonds. The van der Waals surface area contributed by atoms with Gasteiger partial charge in [0.25, 0.3) is 5.56 Å². The average Bonchev–Trinajstić information content (AvgIpc) is 2.99. The molecule has 2 aromatic rings. The number of amides is 1. The Morgan fingerprint density at radius 3 is 2.81 bits per heavy atom. The first-order chi connectivity index (χ1) is 12.7. The Balaban J connectivity index is 1.88. The van der Waals surface area contributed by atoms with E-state index < -0.39 is 0 Å². The summed E-state index contributed by atoms with van der Waals surface area (Å²) in [6.07, 6.45) is 6.62. The first-order valence-corrected chi connectivity index (χ1v) is 10.8. The number of carbonyl (C=O) groups is 1. The fourth-order valence-electron chi connectivity index (χ4n) is 3.84. The number of rotatable bonds is 5. The Labute approximate surface area is 165 Å². The van der Waals surface area contributed by atoms with Gasteiger partial charge in [0.05, 0.1) is 11.7 Å². The maximum atomic E-state index is 13.1. The standard InChI is InChI=1S/C21H31N3O2S/c1-6-7-10-23(5)17(25)12-24-13-22-19-18(20(24)26)15-9-8-14(21(2,3)4)11-16(15)27-19/h13-14H,6-12H2,1-5H3/t14-/m0/s1. The smallest absolute Gasteiger partial charge is 0.262 e. The molecule has 1 atom stereocenters. The minimum absolute atomic E-state index is 0.0383. The summed E-state index contributed by atoms with van der Waals surface area (Å²) < 4.78 is 1.48. The SMILES string of the molecule is CCCCN(C)C(=O)Cn1cnc2sc3c(c2c1=O)CC[C@H](C(C)(C)C)C3. The molecular formula is C21H31N3O2S. The molecule has 6 heteroatoms. The second kappa shape index (κ2) is 7.74. The van der Waals surface area contributed by atoms with Crippen LogP contribution in [0.25, 0.3) is 10.2 Å². The lowest BCUT2D eigenvalue weighted by Gasteiger charge is -2.33. The molecule has 0 N–H and O–H groups in total. The quantitative estimate of drug-likeness (QED) is 0.780. The minimum Gasteiger partial charge on any atom is -0.344 e. The molecule has 0 spiro atoms. The van der Waals surface area contributed by atoms with E-state index in [-0.39, 0.29) is 23.4 Å². The van der Waals surface area contributed by atoms with Crippen molar-refractivity contribution in [1.29, 1.82) is 0 Å². The van der Waals surface area contributed by atoms with Crippen LogP contribution in [-0.2, 0) is 24.2 Å². The Morgan fingerprint density at radius 1 is 1.41 bits per heavy atom. The zero-order valence-electron chi connectivity index (χ0n) is 17.2. The molecule has 0 aromatic carbocycles. The van der Waals surface area contributed by atoms with E-state index in [2.05, 4.69) is 32.7 Å². The van der Waals surface area contributed by atoms with Crippen molar-refractivity contribution in [2.75, 3.05) is 13.6 Å². The van der Waals surface area contributed by atoms with Crippen molar-refractivity contribution >= 4 is 27.5 Å². The van der Waals surface area contributed by atoms with Gasteiger partial charge in [-0.15, -0.1) is 11.3 Å². The van der Waals surface area contributed by atoms with Gasteiger partial charge in [-0.2, -0.15) is 0 Å². The van der Waals surface area contributed by atoms with Crippen LogP contribution in [0.4, 0.5) is 0 Å². The van der Waals surface area contributed by atoms with Crippen molar-refractivity contribution in [3.05, 3.63) is 27.1 Å². The van der Waals surface area contributed by atoms with Crippen LogP contribution < -0.4 is 5.56 Å². The van der Waals surface area contributed by atoms with Crippen LogP contribution in [0.15, 0.2) is 11.1 Å². The monoisotopic (exact) mass is 389 g/mol. The van der Waals surface area contributed by atoms with Crippen LogP contribution in [0.5, 0.6) is 0 Å². The van der Waals surface area contributed by atoms with Crippen molar-refractivity contribution in [3.8, 4) is 0 Å². The Hall–Kier alpha value is -1.69. The summed E-state index contributed by atoms with van der Waals surface area (Å²) in [7, 11) is 1.80. The van der Waals surface area contributed by atoms with Gasteiger partial charge in [-0.1, -0.05) is 34.1 Å². The number of nitrogens with zero attached hydrogens (tertiary/aromatic N) is 3. The summed E-state index contributed by atoms with van der Waals surface area (Å²) in [6, 6.07) is 0. The van der Waals surface area contributed by atoms with E-state index in [1.54, 1.807) is 29.6 Å². The molecule has 1 aliphatic carbocycles. The third kappa shape index (κ3) is 4.10. The molecule has 0 saturated heterocycles. The van der Waals surface area contributed by atoms with Crippen LogP contribution in [0.3, 0.4) is 0 Å². The highest BCUT2D eigenvalue weighted by Crippen LogP contribution is 2.41. The number of carbonyl (C=O) groups excluding carboxylic acids is 1. The first-order valence-electron chi connectivity index (χ1n) is 9.96. The molecule has 1 aliphatic rings. The summed E-state index contributed by atoms with van der Waals surface area (Å²) >= 11 is 1.66. The van der Waals surface area contributed by atoms with E-state index in [4.69, 9.17) is 0 Å². The number of unbranched alkanes of at least 4 members (excludes halogenated alkanes) is 1. The lowest BCUT2D eigenvalue weighted by molar-refractivity contribution is -0.130. The lowest BCUT2D eigenvalue weighted by atomic mass is 9.72. The van der Waals surface area contributed by atoms with E-state index in [1.807, 2.05) is 0 Å². The third-order valence-electron chi connectivity index (χ3n) is 5.84. The average molecular weight is 390 g/mol. The summed E-state index contributed by atoms with van der Waals surface area (Å²) in [5.74, 6) is 0.595. The molecule has 0 unspecified atom stereocenters. The normalized spacial score (nSPS) is 17.1. The second-order valence-corrected chi connectivity index (χ2v) is 9.92. The topological polar surface area (TPSA) is 55.2 Å². The van der Waals surface area contributed by atoms with Crippen molar-refractivity contribution in [2.45, 2.75) is 66.3 Å². The lowest BCUT2D eigenvalue weighted by Crippen LogP contribution is -2.34. The fraction of sp³-hybridized carbons (Fsp3) is 0.667. The molecule has 27 heavy (non-hydrogen) atoms. The van der Waals surface area contributed by atoms with Gasteiger partial charge in [0, 0.05) is 18.5 Å². The zero-order valence-corrected chi connectivity index (χ0v) is 18.0. The van der Waals surface area contributed by atoms with Crippen LogP contribution in [-0.4, -0.2) is 34.0 Å². The highest BCUT2D eigenvalue weighted by Gasteiger charge is 2.31. The fourth-order valence-corrected chi connectivity index (χ4v) is 5.10. The van der Waals surface area contributed by atoms with Gasteiger partial charge in [-0.3, -0.25) is 14.2 Å². The summed E-state index contributed by atoms with van der Waals surface area (Å²) in [6.45, 7) is 9.77. The summed E-state index contributed by atoms with van der Waals surface area (Å²) in [4.78, 5) is 33.9. The van der Waals surface area contributed by atoms with Gasteiger partial charge in [0.15, 0.2) is 0 Å². The van der Waals surface area contributed by atoms with Gasteiger partial charge in [-0.05, 0) is 42.6 Å². The molecule has 2 aromatic heterocycles. The number of hydrogen-bond donors (Lipinski definition) is 0. The second-order valence-electron chi connectivity index (χ2n) is 8.84. The Bertz CT molecular complexity index is 891. The van der Waals surface area contributed by atoms with Gasteiger partial charge in [0.2, 0.25) is 5.91 Å². The predicted molar refractivity (Wildman–Crippen MR) is 111 cm³/mol. The largest absolute Gasteiger partial charge is 0.344 e. The van der Waals surface area contributed by atoms with Crippen molar-refractivity contribution < 1.29 is 4.79 Å². The van der Waals surface area contributed by atoms with Gasteiger partial charge in [-0.25, -0.2) is 4.98 Å². The summed E-state index contributed by atoms with van der Waals surface area (Å²) in [5, 5.41) is 0.744. The van der Waals surface area contributed by atoms with Gasteiger partial charge < -0.3 is 4.90 Å². The predicted octanol–water partition coefficient (Wildman–Crippen LogP) is 3.87. The van der Waals surface area contributed by atoms with E-state index in [9.17, 15) is 9.59 Å². The molecule has 0 bridgehead atoms. The molecule has 0 fully saturated rings. The van der Waals surface area contributed by atoms with Gasteiger partial charge in [0.1, 0.15) is 11.4 Å². The molecular weight excluding hydrogens is 358 g/mol. The number of fused-ring (bicyclic) bond motifs is 3. The van der Waals surface area contributed by atoms with E-state index in [0.29, 0.717) is 5.92 Å². The number of hydrogen-bond acceptors (Lipinski definition) is 4. The van der Waals surface area contributed by atoms with Crippen LogP contribution in [0.1, 0.15) is 57.4 Å². The molecule has 0 saturated carbocycles. The van der Waals surface area contributed by atoms with Crippen LogP contribution in [0.2, 0.25) is 0 Å². The number of thiophene rings is 1. The number of aromatic nitrogens is 2. The molecule has 0 radical (unpaired) electrons. The molecule has 0 aliphatic heterocycles. The van der Waals surface area contributed by atoms with Crippen molar-refractivity contribution in [3.63, 3.8) is 0 Å². The van der Waals surface area contributed by atoms with Crippen LogP contribution >= 0.6 is 11.3 Å². The number of aryl methyl sites for hydroxylation is 1. The zero-order chi connectivity index (χ0) is 19.8. The highest BCUT2D eigenvalue weighted by atomic mass is 32.1. The molecule has 2 heterocycles. The van der Waals surface area contributed by atoms with Crippen molar-refractivity contribution in [1.82, 2.24) is 14.5 Å². The molecule has 148 valence electrons. The third-order valence-corrected chi connectivity index (χ3v) is 7.00. The molecule has 3 rings (SSSR count). The Morgan fingerprint density at radius 2 is 2.15 bits per heavy atom. The number of likely N-dealkylation sites (N-methyl/N-ethyl adjacent to an activating group) is 1. The van der Waals surface area contributed by atoms with Crippen molar-refractivity contribution in [2.24, 2.45) is 11.3 Å². The van der Waals surface area contributed by atoms with E-state index in [1.165, 1.54) is 15.0 Å². The first kappa shape index (κ1) is 20.1. The maximum Gasteiger partial charge on any atom is 0.262 e.